The Morgan fingerprint density at radius 2 is 1.52 bits per heavy atom. The van der Waals surface area contributed by atoms with Crippen molar-refractivity contribution in [3.63, 3.8) is 0 Å². The number of phenols is 1. The number of ether oxygens (including phenoxy) is 3. The van der Waals surface area contributed by atoms with Crippen molar-refractivity contribution in [1.82, 2.24) is 24.2 Å². The van der Waals surface area contributed by atoms with Crippen LogP contribution < -0.4 is 14.4 Å². The number of aromatic nitrogens is 1. The van der Waals surface area contributed by atoms with Gasteiger partial charge in [-0.3, -0.25) is 19.3 Å². The first-order valence-corrected chi connectivity index (χ1v) is 22.3. The van der Waals surface area contributed by atoms with Crippen LogP contribution in [0.4, 0.5) is 5.69 Å². The number of phenolic OH excluding ortho intramolecular Hbond substituents is 1. The van der Waals surface area contributed by atoms with Gasteiger partial charge in [-0.1, -0.05) is 36.4 Å². The highest BCUT2D eigenvalue weighted by Gasteiger charge is 2.36. The van der Waals surface area contributed by atoms with Crippen molar-refractivity contribution >= 4 is 23.4 Å². The first kappa shape index (κ1) is 40.9. The average molecular weight is 851 g/mol. The number of amides is 3. The lowest BCUT2D eigenvalue weighted by Gasteiger charge is -2.40. The molecule has 5 aliphatic rings. The summed E-state index contributed by atoms with van der Waals surface area (Å²) in [5.74, 6) is 0.865. The number of carbonyl (C=O) groups excluding carboxylic acids is 3. The number of carbonyl (C=O) groups is 3. The molecule has 10 rings (SSSR count). The summed E-state index contributed by atoms with van der Waals surface area (Å²) >= 11 is 0. The molecular formula is C50H54N6O7. The molecule has 2 fully saturated rings. The summed E-state index contributed by atoms with van der Waals surface area (Å²) in [6.07, 6.45) is 3.29. The first-order chi connectivity index (χ1) is 30.8. The standard InChI is InChI=1S/C50H54N6O7/c1-51-17-19-53(20-18-51)48(58)36-10-6-7-34(25-36)30-55(38-12-14-40(57)15-13-38)50(60)43-27-45(54-16-5-4-11-44(43)54)41-28-46-47(63-33-62-46)29-42(41)49(59)56-31-37-9-3-2-8-35(37)26-39(56)32-52-21-23-61-24-22-52/h2-3,6-10,12-15,25,27-29,39,57H,4-5,11,16-24,26,30-33H2,1H3. The number of benzene rings is 4. The second kappa shape index (κ2) is 17.5. The first-order valence-electron chi connectivity index (χ1n) is 22.3. The van der Waals surface area contributed by atoms with Crippen LogP contribution in [0.3, 0.4) is 0 Å². The van der Waals surface area contributed by atoms with E-state index in [-0.39, 0.29) is 42.9 Å². The Balaban J connectivity index is 1.02. The summed E-state index contributed by atoms with van der Waals surface area (Å²) in [7, 11) is 2.06. The van der Waals surface area contributed by atoms with Crippen molar-refractivity contribution in [1.29, 1.82) is 0 Å². The van der Waals surface area contributed by atoms with Gasteiger partial charge in [-0.2, -0.15) is 0 Å². The molecule has 0 bridgehead atoms. The summed E-state index contributed by atoms with van der Waals surface area (Å²) in [4.78, 5) is 54.5. The molecule has 63 heavy (non-hydrogen) atoms. The highest BCUT2D eigenvalue weighted by molar-refractivity contribution is 6.09. The van der Waals surface area contributed by atoms with Crippen LogP contribution in [0.25, 0.3) is 11.3 Å². The lowest BCUT2D eigenvalue weighted by molar-refractivity contribution is 0.0193. The van der Waals surface area contributed by atoms with Gasteiger partial charge in [0, 0.05) is 93.1 Å². The Morgan fingerprint density at radius 1 is 0.762 bits per heavy atom. The van der Waals surface area contributed by atoms with E-state index in [0.29, 0.717) is 85.3 Å². The fraction of sp³-hybridized carbons (Fsp3) is 0.380. The number of likely N-dealkylation sites (N-methyl/N-ethyl adjacent to an activating group) is 1. The van der Waals surface area contributed by atoms with E-state index in [2.05, 4.69) is 39.6 Å². The van der Waals surface area contributed by atoms with Crippen LogP contribution in [-0.4, -0.2) is 126 Å². The summed E-state index contributed by atoms with van der Waals surface area (Å²) in [6, 6.07) is 28.2. The maximum Gasteiger partial charge on any atom is 0.260 e. The van der Waals surface area contributed by atoms with Crippen LogP contribution in [0.2, 0.25) is 0 Å². The molecule has 5 aromatic rings. The van der Waals surface area contributed by atoms with Gasteiger partial charge in [0.2, 0.25) is 6.79 Å². The summed E-state index contributed by atoms with van der Waals surface area (Å²) in [5.41, 5.74) is 7.86. The minimum Gasteiger partial charge on any atom is -0.508 e. The van der Waals surface area contributed by atoms with E-state index >= 15 is 9.59 Å². The fourth-order valence-electron chi connectivity index (χ4n) is 9.88. The maximum atomic E-state index is 15.3. The highest BCUT2D eigenvalue weighted by Crippen LogP contribution is 2.42. The van der Waals surface area contributed by atoms with Crippen molar-refractivity contribution < 1.29 is 33.7 Å². The number of morpholine rings is 1. The molecule has 3 amide bonds. The number of aromatic hydroxyl groups is 1. The largest absolute Gasteiger partial charge is 0.508 e. The van der Waals surface area contributed by atoms with E-state index in [1.807, 2.05) is 58.3 Å². The number of hydrogen-bond donors (Lipinski definition) is 1. The van der Waals surface area contributed by atoms with Gasteiger partial charge >= 0.3 is 0 Å². The molecule has 6 heterocycles. The van der Waals surface area contributed by atoms with Gasteiger partial charge in [-0.25, -0.2) is 0 Å². The fourth-order valence-corrected chi connectivity index (χ4v) is 9.88. The van der Waals surface area contributed by atoms with Crippen LogP contribution in [0.15, 0.2) is 91.0 Å². The van der Waals surface area contributed by atoms with Crippen LogP contribution in [0, 0.1) is 0 Å². The molecule has 5 aliphatic heterocycles. The molecule has 0 spiro atoms. The zero-order chi connectivity index (χ0) is 43.0. The number of anilines is 1. The maximum absolute atomic E-state index is 15.3. The van der Waals surface area contributed by atoms with Gasteiger partial charge in [0.05, 0.1) is 30.9 Å². The predicted molar refractivity (Wildman–Crippen MR) is 238 cm³/mol. The molecule has 13 nitrogen and oxygen atoms in total. The minimum atomic E-state index is -0.208. The number of rotatable bonds is 9. The zero-order valence-electron chi connectivity index (χ0n) is 35.8. The van der Waals surface area contributed by atoms with E-state index in [9.17, 15) is 9.90 Å². The Labute approximate surface area is 367 Å². The van der Waals surface area contributed by atoms with Crippen LogP contribution in [0.5, 0.6) is 17.2 Å². The Hall–Kier alpha value is -6.15. The zero-order valence-corrected chi connectivity index (χ0v) is 35.8. The third kappa shape index (κ3) is 8.28. The van der Waals surface area contributed by atoms with Gasteiger partial charge in [0.15, 0.2) is 11.5 Å². The molecule has 326 valence electrons. The van der Waals surface area contributed by atoms with E-state index in [0.717, 1.165) is 74.5 Å². The predicted octanol–water partition coefficient (Wildman–Crippen LogP) is 6.06. The normalized spacial score (nSPS) is 18.8. The van der Waals surface area contributed by atoms with Gasteiger partial charge in [0.1, 0.15) is 5.75 Å². The molecule has 1 unspecified atom stereocenters. The molecule has 1 atom stereocenters. The number of piperazine rings is 1. The smallest absolute Gasteiger partial charge is 0.260 e. The molecule has 0 saturated carbocycles. The summed E-state index contributed by atoms with van der Waals surface area (Å²) in [5, 5.41) is 10.3. The molecule has 1 aromatic heterocycles. The van der Waals surface area contributed by atoms with Crippen molar-refractivity contribution in [2.24, 2.45) is 0 Å². The third-order valence-electron chi connectivity index (χ3n) is 13.4. The van der Waals surface area contributed by atoms with Gasteiger partial charge in [0.25, 0.3) is 17.7 Å². The SMILES string of the molecule is CN1CCN(C(=O)c2cccc(CN(C(=O)c3cc(-c4cc5c(cc4C(=O)N4Cc6ccccc6CC4CN4CCOCC4)OCO5)n4c3CCCC4)c3ccc(O)cc3)c2)CC1. The molecule has 13 heteroatoms. The summed E-state index contributed by atoms with van der Waals surface area (Å²) in [6.45, 7) is 8.14. The van der Waals surface area contributed by atoms with Gasteiger partial charge < -0.3 is 43.5 Å². The van der Waals surface area contributed by atoms with Crippen molar-refractivity contribution in [3.8, 4) is 28.5 Å². The van der Waals surface area contributed by atoms with Crippen molar-refractivity contribution in [2.45, 2.75) is 51.4 Å². The Kier molecular flexibility index (Phi) is 11.4. The van der Waals surface area contributed by atoms with Crippen LogP contribution in [-0.2, 0) is 37.2 Å². The molecule has 1 N–H and O–H groups in total. The summed E-state index contributed by atoms with van der Waals surface area (Å²) < 4.78 is 19.7. The van der Waals surface area contributed by atoms with Gasteiger partial charge in [-0.05, 0) is 104 Å². The van der Waals surface area contributed by atoms with E-state index in [1.165, 1.54) is 5.56 Å². The van der Waals surface area contributed by atoms with Crippen molar-refractivity contribution in [2.75, 3.05) is 77.8 Å². The van der Waals surface area contributed by atoms with Crippen LogP contribution in [0.1, 0.15) is 66.3 Å². The Bertz CT molecular complexity index is 2520. The topological polar surface area (TPSA) is 120 Å². The van der Waals surface area contributed by atoms with E-state index in [1.54, 1.807) is 29.2 Å². The van der Waals surface area contributed by atoms with Crippen molar-refractivity contribution in [3.05, 3.63) is 130 Å². The average Bonchev–Trinajstić information content (AvgIpc) is 3.95. The molecule has 0 radical (unpaired) electrons. The Morgan fingerprint density at radius 3 is 2.32 bits per heavy atom. The number of hydrogen-bond acceptors (Lipinski definition) is 9. The van der Waals surface area contributed by atoms with Gasteiger partial charge in [-0.15, -0.1) is 0 Å². The molecular weight excluding hydrogens is 797 g/mol. The highest BCUT2D eigenvalue weighted by atomic mass is 16.7. The van der Waals surface area contributed by atoms with E-state index < -0.39 is 0 Å². The molecule has 4 aromatic carbocycles. The molecule has 2 saturated heterocycles. The lowest BCUT2D eigenvalue weighted by Crippen LogP contribution is -2.52. The second-order valence-electron chi connectivity index (χ2n) is 17.4. The lowest BCUT2D eigenvalue weighted by atomic mass is 9.92. The minimum absolute atomic E-state index is 0.0196. The quantitative estimate of drug-likeness (QED) is 0.189. The second-order valence-corrected chi connectivity index (χ2v) is 17.4. The number of fused-ring (bicyclic) bond motifs is 3. The monoisotopic (exact) mass is 850 g/mol. The third-order valence-corrected chi connectivity index (χ3v) is 13.4. The van der Waals surface area contributed by atoms with Crippen LogP contribution >= 0.6 is 0 Å². The number of nitrogens with zero attached hydrogens (tertiary/aromatic N) is 6. The van der Waals surface area contributed by atoms with E-state index in [4.69, 9.17) is 14.2 Å². The molecule has 0 aliphatic carbocycles.